The Balaban J connectivity index is 1.66. The Labute approximate surface area is 160 Å². The average molecular weight is 369 g/mol. The smallest absolute Gasteiger partial charge is 0.410 e. The number of hydrogen-bond donors (Lipinski definition) is 1. The van der Waals surface area contributed by atoms with Gasteiger partial charge in [0, 0.05) is 24.9 Å². The number of benzene rings is 1. The maximum absolute atomic E-state index is 12.4. The van der Waals surface area contributed by atoms with Crippen LogP contribution in [-0.4, -0.2) is 44.5 Å². The first-order valence-corrected chi connectivity index (χ1v) is 9.33. The number of hydrogen-bond acceptors (Lipinski definition) is 5. The van der Waals surface area contributed by atoms with E-state index in [0.717, 1.165) is 28.9 Å². The van der Waals surface area contributed by atoms with Gasteiger partial charge in [0.25, 0.3) is 0 Å². The molecule has 0 radical (unpaired) electrons. The zero-order valence-electron chi connectivity index (χ0n) is 16.3. The van der Waals surface area contributed by atoms with Crippen molar-refractivity contribution in [2.24, 2.45) is 0 Å². The lowest BCUT2D eigenvalue weighted by atomic mass is 9.97. The van der Waals surface area contributed by atoms with Crippen molar-refractivity contribution < 1.29 is 14.6 Å². The molecule has 1 aliphatic heterocycles. The molecule has 1 amide bonds. The molecule has 3 rings (SSSR count). The molecule has 2 atom stereocenters. The van der Waals surface area contributed by atoms with Crippen LogP contribution in [0.15, 0.2) is 36.4 Å². The van der Waals surface area contributed by atoms with Crippen molar-refractivity contribution in [3.63, 3.8) is 0 Å². The number of carbonyl (C=O) groups excluding carboxylic acids is 1. The first-order chi connectivity index (χ1) is 12.7. The first-order valence-electron chi connectivity index (χ1n) is 9.33. The third-order valence-corrected chi connectivity index (χ3v) is 4.88. The van der Waals surface area contributed by atoms with Crippen molar-refractivity contribution in [3.05, 3.63) is 47.7 Å². The van der Waals surface area contributed by atoms with E-state index in [0.29, 0.717) is 13.0 Å². The van der Waals surface area contributed by atoms with Gasteiger partial charge in [-0.2, -0.15) is 10.2 Å². The molecule has 2 aromatic rings. The quantitative estimate of drug-likeness (QED) is 0.865. The maximum Gasteiger partial charge on any atom is 0.410 e. The van der Waals surface area contributed by atoms with Crippen molar-refractivity contribution in [2.75, 3.05) is 6.54 Å². The number of carbonyl (C=O) groups is 1. The second kappa shape index (κ2) is 7.64. The summed E-state index contributed by atoms with van der Waals surface area (Å²) < 4.78 is 5.53. The van der Waals surface area contributed by atoms with Crippen LogP contribution in [0.5, 0.6) is 0 Å². The number of amides is 1. The average Bonchev–Trinajstić information content (AvgIpc) is 2.61. The van der Waals surface area contributed by atoms with E-state index in [1.165, 1.54) is 0 Å². The fraction of sp³-hybridized carbons (Fsp3) is 0.476. The molecule has 1 N–H and O–H groups in total. The Hall–Kier alpha value is -2.47. The summed E-state index contributed by atoms with van der Waals surface area (Å²) in [4.78, 5) is 14.2. The van der Waals surface area contributed by atoms with Crippen molar-refractivity contribution in [1.82, 2.24) is 15.1 Å². The molecule has 0 bridgehead atoms. The van der Waals surface area contributed by atoms with Crippen LogP contribution in [0.25, 0.3) is 11.3 Å². The lowest BCUT2D eigenvalue weighted by molar-refractivity contribution is -0.0309. The van der Waals surface area contributed by atoms with Gasteiger partial charge in [-0.1, -0.05) is 24.3 Å². The maximum atomic E-state index is 12.4. The van der Waals surface area contributed by atoms with E-state index in [-0.39, 0.29) is 18.2 Å². The SMILES string of the molecule is Cc1ccc(-c2ccc(C(C)N3CCC(CC(C)(C)O)OC3=O)cc2)nn1. The van der Waals surface area contributed by atoms with Gasteiger partial charge in [-0.3, -0.25) is 0 Å². The highest BCUT2D eigenvalue weighted by Crippen LogP contribution is 2.29. The highest BCUT2D eigenvalue weighted by Gasteiger charge is 2.33. The van der Waals surface area contributed by atoms with E-state index in [9.17, 15) is 9.90 Å². The molecule has 27 heavy (non-hydrogen) atoms. The summed E-state index contributed by atoms with van der Waals surface area (Å²) in [6.45, 7) is 7.99. The lowest BCUT2D eigenvalue weighted by Gasteiger charge is -2.37. The molecule has 0 saturated carbocycles. The molecular weight excluding hydrogens is 342 g/mol. The van der Waals surface area contributed by atoms with Crippen LogP contribution < -0.4 is 0 Å². The van der Waals surface area contributed by atoms with Crippen molar-refractivity contribution in [1.29, 1.82) is 0 Å². The zero-order valence-corrected chi connectivity index (χ0v) is 16.3. The van der Waals surface area contributed by atoms with Crippen molar-refractivity contribution in [2.45, 2.75) is 58.3 Å². The largest absolute Gasteiger partial charge is 0.446 e. The summed E-state index contributed by atoms with van der Waals surface area (Å²) in [5.74, 6) is 0. The van der Waals surface area contributed by atoms with Crippen LogP contribution in [0.3, 0.4) is 0 Å². The zero-order chi connectivity index (χ0) is 19.6. The molecule has 6 nitrogen and oxygen atoms in total. The number of aromatic nitrogens is 2. The molecule has 1 aromatic heterocycles. The summed E-state index contributed by atoms with van der Waals surface area (Å²) in [6, 6.07) is 11.8. The molecule has 2 heterocycles. The lowest BCUT2D eigenvalue weighted by Crippen LogP contribution is -2.45. The third kappa shape index (κ3) is 4.83. The monoisotopic (exact) mass is 369 g/mol. The Morgan fingerprint density at radius 3 is 2.48 bits per heavy atom. The van der Waals surface area contributed by atoms with Gasteiger partial charge in [0.2, 0.25) is 0 Å². The highest BCUT2D eigenvalue weighted by molar-refractivity contribution is 5.69. The summed E-state index contributed by atoms with van der Waals surface area (Å²) in [6.07, 6.45) is 0.615. The molecule has 0 aliphatic carbocycles. The van der Waals surface area contributed by atoms with Gasteiger partial charge in [0.15, 0.2) is 0 Å². The summed E-state index contributed by atoms with van der Waals surface area (Å²) in [5, 5.41) is 18.2. The Kier molecular flexibility index (Phi) is 5.46. The Morgan fingerprint density at radius 2 is 1.93 bits per heavy atom. The predicted molar refractivity (Wildman–Crippen MR) is 103 cm³/mol. The van der Waals surface area contributed by atoms with Gasteiger partial charge in [0.05, 0.1) is 23.0 Å². The second-order valence-corrected chi connectivity index (χ2v) is 7.86. The van der Waals surface area contributed by atoms with Crippen molar-refractivity contribution >= 4 is 6.09 Å². The van der Waals surface area contributed by atoms with E-state index in [1.807, 2.05) is 50.2 Å². The van der Waals surface area contributed by atoms with Crippen LogP contribution in [0.2, 0.25) is 0 Å². The molecule has 1 aromatic carbocycles. The van der Waals surface area contributed by atoms with Gasteiger partial charge < -0.3 is 14.7 Å². The standard InChI is InChI=1S/C21H27N3O3/c1-14-5-10-19(23-22-14)17-8-6-16(7-9-17)15(2)24-12-11-18(27-20(24)25)13-21(3,4)26/h5-10,15,18,26H,11-13H2,1-4H3. The minimum atomic E-state index is -0.840. The molecule has 2 unspecified atom stereocenters. The van der Waals surface area contributed by atoms with Gasteiger partial charge in [-0.05, 0) is 45.4 Å². The van der Waals surface area contributed by atoms with Gasteiger partial charge in [-0.15, -0.1) is 0 Å². The second-order valence-electron chi connectivity index (χ2n) is 7.86. The predicted octanol–water partition coefficient (Wildman–Crippen LogP) is 3.88. The first kappa shape index (κ1) is 19.3. The summed E-state index contributed by atoms with van der Waals surface area (Å²) in [5.41, 5.74) is 2.90. The summed E-state index contributed by atoms with van der Waals surface area (Å²) >= 11 is 0. The van der Waals surface area contributed by atoms with Crippen molar-refractivity contribution in [3.8, 4) is 11.3 Å². The molecule has 1 saturated heterocycles. The van der Waals surface area contributed by atoms with E-state index in [1.54, 1.807) is 18.7 Å². The fourth-order valence-corrected chi connectivity index (χ4v) is 3.36. The number of ether oxygens (including phenoxy) is 1. The molecule has 144 valence electrons. The van der Waals surface area contributed by atoms with E-state index in [2.05, 4.69) is 10.2 Å². The molecule has 1 fully saturated rings. The normalized spacial score (nSPS) is 18.9. The molecule has 1 aliphatic rings. The van der Waals surface area contributed by atoms with Crippen LogP contribution in [-0.2, 0) is 4.74 Å². The van der Waals surface area contributed by atoms with E-state index < -0.39 is 5.60 Å². The Morgan fingerprint density at radius 1 is 1.22 bits per heavy atom. The van der Waals surface area contributed by atoms with Crippen LogP contribution in [0, 0.1) is 6.92 Å². The third-order valence-electron chi connectivity index (χ3n) is 4.88. The van der Waals surface area contributed by atoms with Crippen LogP contribution in [0.1, 0.15) is 50.9 Å². The van der Waals surface area contributed by atoms with E-state index in [4.69, 9.17) is 4.74 Å². The van der Waals surface area contributed by atoms with Gasteiger partial charge >= 0.3 is 6.09 Å². The molecule has 6 heteroatoms. The number of rotatable bonds is 5. The van der Waals surface area contributed by atoms with E-state index >= 15 is 0 Å². The topological polar surface area (TPSA) is 75.6 Å². The number of nitrogens with zero attached hydrogens (tertiary/aromatic N) is 3. The Bertz CT molecular complexity index is 782. The number of cyclic esters (lactones) is 1. The van der Waals surface area contributed by atoms with Crippen LogP contribution in [0.4, 0.5) is 4.79 Å². The number of aliphatic hydroxyl groups is 1. The van der Waals surface area contributed by atoms with Gasteiger partial charge in [-0.25, -0.2) is 4.79 Å². The molecule has 0 spiro atoms. The minimum Gasteiger partial charge on any atom is -0.446 e. The minimum absolute atomic E-state index is 0.0845. The summed E-state index contributed by atoms with van der Waals surface area (Å²) in [7, 11) is 0. The van der Waals surface area contributed by atoms with Crippen LogP contribution >= 0.6 is 0 Å². The fourth-order valence-electron chi connectivity index (χ4n) is 3.36. The molecular formula is C21H27N3O3. The van der Waals surface area contributed by atoms with Gasteiger partial charge in [0.1, 0.15) is 6.10 Å². The number of aryl methyl sites for hydroxylation is 1. The highest BCUT2D eigenvalue weighted by atomic mass is 16.6.